The van der Waals surface area contributed by atoms with E-state index in [1.807, 2.05) is 18.2 Å². The van der Waals surface area contributed by atoms with Crippen molar-refractivity contribution in [2.75, 3.05) is 32.9 Å². The molecular formula is C21H22FNO5. The third-order valence-electron chi connectivity index (χ3n) is 5.14. The summed E-state index contributed by atoms with van der Waals surface area (Å²) in [6.07, 6.45) is 0.843. The van der Waals surface area contributed by atoms with Gasteiger partial charge in [-0.1, -0.05) is 6.07 Å². The molecule has 7 heteroatoms. The molecule has 0 radical (unpaired) electrons. The first-order valence-electron chi connectivity index (χ1n) is 9.32. The Morgan fingerprint density at radius 1 is 1.11 bits per heavy atom. The van der Waals surface area contributed by atoms with Crippen molar-refractivity contribution in [3.05, 3.63) is 53.8 Å². The first-order valence-corrected chi connectivity index (χ1v) is 9.32. The Morgan fingerprint density at radius 3 is 2.50 bits per heavy atom. The maximum Gasteiger partial charge on any atom is 0.309 e. The minimum Gasteiger partial charge on any atom is -0.492 e. The molecule has 0 saturated carbocycles. The van der Waals surface area contributed by atoms with Gasteiger partial charge in [0.15, 0.2) is 0 Å². The highest BCUT2D eigenvalue weighted by molar-refractivity contribution is 5.71. The van der Waals surface area contributed by atoms with E-state index in [1.54, 1.807) is 12.1 Å². The minimum absolute atomic E-state index is 0.221. The molecule has 6 nitrogen and oxygen atoms in total. The molecule has 1 saturated heterocycles. The van der Waals surface area contributed by atoms with Crippen molar-refractivity contribution in [3.63, 3.8) is 0 Å². The number of nitrogens with zero attached hydrogens (tertiary/aromatic N) is 1. The van der Waals surface area contributed by atoms with Crippen LogP contribution in [0, 0.1) is 11.7 Å². The molecule has 2 aliphatic heterocycles. The Labute approximate surface area is 162 Å². The zero-order chi connectivity index (χ0) is 19.5. The fraction of sp³-hybridized carbons (Fsp3) is 0.381. The summed E-state index contributed by atoms with van der Waals surface area (Å²) in [5.74, 6) is 0.836. The number of hydrogen-bond donors (Lipinski definition) is 1. The van der Waals surface area contributed by atoms with E-state index in [2.05, 4.69) is 4.90 Å². The highest BCUT2D eigenvalue weighted by Gasteiger charge is 2.38. The van der Waals surface area contributed by atoms with Crippen LogP contribution in [0.25, 0.3) is 0 Å². The molecular weight excluding hydrogens is 365 g/mol. The highest BCUT2D eigenvalue weighted by Crippen LogP contribution is 2.32. The molecule has 1 atom stereocenters. The summed E-state index contributed by atoms with van der Waals surface area (Å²) in [6, 6.07) is 11.9. The Morgan fingerprint density at radius 2 is 1.79 bits per heavy atom. The molecule has 0 bridgehead atoms. The zero-order valence-electron chi connectivity index (χ0n) is 15.3. The molecule has 2 aromatic carbocycles. The third kappa shape index (κ3) is 4.20. The second kappa shape index (κ2) is 8.06. The van der Waals surface area contributed by atoms with Crippen molar-refractivity contribution in [2.24, 2.45) is 5.92 Å². The first-order chi connectivity index (χ1) is 13.6. The number of rotatable bonds is 7. The summed E-state index contributed by atoms with van der Waals surface area (Å²) in [4.78, 5) is 13.1. The van der Waals surface area contributed by atoms with Gasteiger partial charge in [-0.15, -0.1) is 0 Å². The first kappa shape index (κ1) is 18.6. The molecule has 0 aliphatic carbocycles. The number of likely N-dealkylation sites (tertiary alicyclic amines) is 1. The van der Waals surface area contributed by atoms with Gasteiger partial charge in [0.05, 0.1) is 5.92 Å². The van der Waals surface area contributed by atoms with Gasteiger partial charge in [0, 0.05) is 25.2 Å². The molecule has 1 unspecified atom stereocenters. The largest absolute Gasteiger partial charge is 0.492 e. The molecule has 2 aliphatic rings. The van der Waals surface area contributed by atoms with Gasteiger partial charge >= 0.3 is 5.97 Å². The van der Waals surface area contributed by atoms with Crippen molar-refractivity contribution in [1.82, 2.24) is 4.90 Å². The Kier molecular flexibility index (Phi) is 5.34. The van der Waals surface area contributed by atoms with Crippen LogP contribution in [0.15, 0.2) is 42.5 Å². The molecule has 2 heterocycles. The van der Waals surface area contributed by atoms with Gasteiger partial charge in [0.1, 0.15) is 42.9 Å². The lowest BCUT2D eigenvalue weighted by molar-refractivity contribution is -0.149. The van der Waals surface area contributed by atoms with Gasteiger partial charge in [-0.05, 0) is 42.3 Å². The fourth-order valence-electron chi connectivity index (χ4n) is 3.48. The van der Waals surface area contributed by atoms with Crippen LogP contribution < -0.4 is 14.2 Å². The van der Waals surface area contributed by atoms with Crippen LogP contribution in [0.3, 0.4) is 0 Å². The fourth-order valence-corrected chi connectivity index (χ4v) is 3.48. The molecule has 0 aromatic heterocycles. The van der Waals surface area contributed by atoms with E-state index in [4.69, 9.17) is 19.3 Å². The van der Waals surface area contributed by atoms with Gasteiger partial charge in [0.25, 0.3) is 0 Å². The molecule has 0 amide bonds. The maximum absolute atomic E-state index is 12.9. The Balaban J connectivity index is 1.24. The van der Waals surface area contributed by atoms with E-state index in [9.17, 15) is 9.18 Å². The summed E-state index contributed by atoms with van der Waals surface area (Å²) in [6.45, 7) is 2.45. The zero-order valence-corrected chi connectivity index (χ0v) is 15.3. The van der Waals surface area contributed by atoms with Crippen LogP contribution in [-0.2, 0) is 11.2 Å². The van der Waals surface area contributed by atoms with Crippen LogP contribution >= 0.6 is 0 Å². The molecule has 148 valence electrons. The average molecular weight is 387 g/mol. The van der Waals surface area contributed by atoms with Crippen LogP contribution in [0.4, 0.5) is 4.39 Å². The Hall–Kier alpha value is -2.80. The second-order valence-electron chi connectivity index (χ2n) is 7.08. The van der Waals surface area contributed by atoms with Crippen LogP contribution in [-0.4, -0.2) is 54.9 Å². The lowest BCUT2D eigenvalue weighted by atomic mass is 9.93. The van der Waals surface area contributed by atoms with Crippen molar-refractivity contribution >= 4 is 5.97 Å². The number of benzene rings is 2. The van der Waals surface area contributed by atoms with E-state index >= 15 is 0 Å². The van der Waals surface area contributed by atoms with Crippen molar-refractivity contribution in [3.8, 4) is 17.2 Å². The number of fused-ring (bicyclic) bond motifs is 1. The van der Waals surface area contributed by atoms with Gasteiger partial charge < -0.3 is 19.3 Å². The molecule has 28 heavy (non-hydrogen) atoms. The number of hydrogen-bond acceptors (Lipinski definition) is 5. The number of halogens is 1. The van der Waals surface area contributed by atoms with Crippen molar-refractivity contribution < 1.29 is 28.5 Å². The van der Waals surface area contributed by atoms with Gasteiger partial charge in [-0.2, -0.15) is 0 Å². The summed E-state index contributed by atoms with van der Waals surface area (Å²) < 4.78 is 30.0. The predicted octanol–water partition coefficient (Wildman–Crippen LogP) is 2.60. The molecule has 4 rings (SSSR count). The minimum atomic E-state index is -0.724. The van der Waals surface area contributed by atoms with Gasteiger partial charge in [0.2, 0.25) is 0 Å². The van der Waals surface area contributed by atoms with E-state index in [0.29, 0.717) is 44.4 Å². The SMILES string of the molecule is O=C(O)C1CN(C2COc3cc(OCCOc4ccc(F)cc4)ccc3C2)C1. The summed E-state index contributed by atoms with van der Waals surface area (Å²) >= 11 is 0. The van der Waals surface area contributed by atoms with E-state index in [0.717, 1.165) is 17.7 Å². The average Bonchev–Trinajstić information content (AvgIpc) is 2.65. The lowest BCUT2D eigenvalue weighted by Crippen LogP contribution is -2.57. The predicted molar refractivity (Wildman–Crippen MR) is 99.5 cm³/mol. The number of carboxylic acids is 1. The molecule has 1 fully saturated rings. The summed E-state index contributed by atoms with van der Waals surface area (Å²) in [5, 5.41) is 9.01. The normalized spacial score (nSPS) is 19.2. The van der Waals surface area contributed by atoms with Gasteiger partial charge in [-0.25, -0.2) is 4.39 Å². The Bertz CT molecular complexity index is 835. The van der Waals surface area contributed by atoms with Crippen LogP contribution in [0.5, 0.6) is 17.2 Å². The standard InChI is InChI=1S/C21H22FNO5/c22-16-2-5-18(6-3-16)26-7-8-27-19-4-1-14-9-17(13-28-20(14)10-19)23-11-15(12-23)21(24)25/h1-6,10,15,17H,7-9,11-13H2,(H,24,25). The highest BCUT2D eigenvalue weighted by atomic mass is 19.1. The molecule has 2 aromatic rings. The molecule has 0 spiro atoms. The topological polar surface area (TPSA) is 68.2 Å². The number of carbonyl (C=O) groups is 1. The number of aliphatic carboxylic acids is 1. The monoisotopic (exact) mass is 387 g/mol. The quantitative estimate of drug-likeness (QED) is 0.737. The maximum atomic E-state index is 12.9. The number of ether oxygens (including phenoxy) is 3. The second-order valence-corrected chi connectivity index (χ2v) is 7.08. The van der Waals surface area contributed by atoms with Crippen LogP contribution in [0.1, 0.15) is 5.56 Å². The van der Waals surface area contributed by atoms with E-state index < -0.39 is 5.97 Å². The summed E-state index contributed by atoms with van der Waals surface area (Å²) in [7, 11) is 0. The van der Waals surface area contributed by atoms with E-state index in [-0.39, 0.29) is 17.8 Å². The number of carboxylic acid groups (broad SMARTS) is 1. The van der Waals surface area contributed by atoms with E-state index in [1.165, 1.54) is 12.1 Å². The van der Waals surface area contributed by atoms with Crippen LogP contribution in [0.2, 0.25) is 0 Å². The van der Waals surface area contributed by atoms with Crippen molar-refractivity contribution in [2.45, 2.75) is 12.5 Å². The smallest absolute Gasteiger partial charge is 0.309 e. The lowest BCUT2D eigenvalue weighted by Gasteiger charge is -2.43. The summed E-state index contributed by atoms with van der Waals surface area (Å²) in [5.41, 5.74) is 1.10. The third-order valence-corrected chi connectivity index (χ3v) is 5.14. The molecule has 1 N–H and O–H groups in total. The van der Waals surface area contributed by atoms with Crippen molar-refractivity contribution in [1.29, 1.82) is 0 Å². The van der Waals surface area contributed by atoms with Gasteiger partial charge in [-0.3, -0.25) is 9.69 Å².